The monoisotopic (exact) mass is 458 g/mol. The van der Waals surface area contributed by atoms with Crippen LogP contribution in [0.5, 0.6) is 0 Å². The molecule has 1 saturated heterocycles. The minimum atomic E-state index is -1.01. The number of ether oxygens (including phenoxy) is 2. The summed E-state index contributed by atoms with van der Waals surface area (Å²) in [6.07, 6.45) is 2.39. The fourth-order valence-electron chi connectivity index (χ4n) is 4.71. The van der Waals surface area contributed by atoms with Gasteiger partial charge in [-0.3, -0.25) is 0 Å². The number of likely N-dealkylation sites (tertiary alicyclic amines) is 1. The van der Waals surface area contributed by atoms with Gasteiger partial charge in [0.2, 0.25) is 0 Å². The summed E-state index contributed by atoms with van der Waals surface area (Å²) >= 11 is 0. The van der Waals surface area contributed by atoms with E-state index in [0.29, 0.717) is 19.8 Å². The minimum Gasteiger partial charge on any atom is -0.444 e. The molecule has 0 bridgehead atoms. The van der Waals surface area contributed by atoms with Crippen LogP contribution in [0.25, 0.3) is 0 Å². The molecule has 1 aromatic rings. The van der Waals surface area contributed by atoms with Crippen LogP contribution in [0.3, 0.4) is 0 Å². The lowest BCUT2D eigenvalue weighted by atomic mass is 9.74. The largest absolute Gasteiger partial charge is 0.444 e. The van der Waals surface area contributed by atoms with E-state index in [2.05, 4.69) is 26.0 Å². The third-order valence-electron chi connectivity index (χ3n) is 7.16. The first-order valence-electron chi connectivity index (χ1n) is 12.2. The van der Waals surface area contributed by atoms with Crippen molar-refractivity contribution in [2.75, 3.05) is 13.2 Å². The molecule has 0 aliphatic carbocycles. The van der Waals surface area contributed by atoms with Crippen LogP contribution in [0.4, 0.5) is 4.79 Å². The lowest BCUT2D eigenvalue weighted by Gasteiger charge is -2.44. The van der Waals surface area contributed by atoms with Crippen LogP contribution in [0.15, 0.2) is 12.1 Å². The summed E-state index contributed by atoms with van der Waals surface area (Å²) in [5.74, 6) is 0.108. The summed E-state index contributed by atoms with van der Waals surface area (Å²) in [7, 11) is 1.77. The smallest absolute Gasteiger partial charge is 0.410 e. The van der Waals surface area contributed by atoms with Gasteiger partial charge in [-0.05, 0) is 83.4 Å². The first-order valence-corrected chi connectivity index (χ1v) is 12.2. The number of hydrogen-bond acceptors (Lipinski definition) is 5. The molecule has 2 atom stereocenters. The van der Waals surface area contributed by atoms with E-state index < -0.39 is 16.8 Å². The molecule has 0 aromatic heterocycles. The predicted octanol–water partition coefficient (Wildman–Crippen LogP) is 4.28. The Hall–Kier alpha value is -1.57. The molecule has 183 valence electrons. The van der Waals surface area contributed by atoms with E-state index in [4.69, 9.17) is 14.1 Å². The second kappa shape index (κ2) is 9.59. The van der Waals surface area contributed by atoms with Crippen molar-refractivity contribution in [2.24, 2.45) is 5.92 Å². The Morgan fingerprint density at radius 3 is 2.52 bits per heavy atom. The van der Waals surface area contributed by atoms with Gasteiger partial charge < -0.3 is 24.1 Å². The molecule has 0 spiro atoms. The molecule has 1 unspecified atom stereocenters. The van der Waals surface area contributed by atoms with Crippen LogP contribution < -0.4 is 5.46 Å². The summed E-state index contributed by atoms with van der Waals surface area (Å²) in [4.78, 5) is 14.8. The Bertz CT molecular complexity index is 857. The highest BCUT2D eigenvalue weighted by atomic mass is 16.6. The fourth-order valence-corrected chi connectivity index (χ4v) is 4.71. The average Bonchev–Trinajstić information content (AvgIpc) is 3.19. The molecule has 3 rings (SSSR count). The minimum absolute atomic E-state index is 0.0468. The number of benzene rings is 1. The lowest BCUT2D eigenvalue weighted by molar-refractivity contribution is -0.126. The highest BCUT2D eigenvalue weighted by Gasteiger charge is 2.43. The number of hydrogen-bond donors (Lipinski definition) is 1. The molecule has 1 amide bonds. The SMILES string of the molecule is CC(C)C(C)(O[B]c1cc2c(c([C@@H]3CCCN3C(=O)OC(C)(C)C)c1)COCC2)C(C)(C)O. The van der Waals surface area contributed by atoms with Crippen molar-refractivity contribution in [3.8, 4) is 0 Å². The molecule has 7 heteroatoms. The number of fused-ring (bicyclic) bond motifs is 1. The zero-order valence-corrected chi connectivity index (χ0v) is 21.7. The molecule has 1 N–H and O–H groups in total. The van der Waals surface area contributed by atoms with E-state index in [1.807, 2.05) is 32.6 Å². The zero-order valence-electron chi connectivity index (χ0n) is 21.7. The van der Waals surface area contributed by atoms with Crippen molar-refractivity contribution < 1.29 is 24.0 Å². The van der Waals surface area contributed by atoms with Gasteiger partial charge in [0, 0.05) is 6.54 Å². The number of carbonyl (C=O) groups excluding carboxylic acids is 1. The molecule has 1 radical (unpaired) electrons. The van der Waals surface area contributed by atoms with Gasteiger partial charge in [-0.15, -0.1) is 0 Å². The third kappa shape index (κ3) is 5.75. The van der Waals surface area contributed by atoms with E-state index in [-0.39, 0.29) is 18.1 Å². The number of nitrogens with zero attached hydrogens (tertiary/aromatic N) is 1. The maximum Gasteiger partial charge on any atom is 0.410 e. The Kier molecular flexibility index (Phi) is 7.57. The molecular weight excluding hydrogens is 417 g/mol. The Morgan fingerprint density at radius 2 is 1.91 bits per heavy atom. The van der Waals surface area contributed by atoms with Crippen LogP contribution in [0.1, 0.15) is 91.0 Å². The van der Waals surface area contributed by atoms with Crippen molar-refractivity contribution in [1.29, 1.82) is 0 Å². The van der Waals surface area contributed by atoms with Crippen LogP contribution in [0, 0.1) is 5.92 Å². The molecule has 2 aliphatic rings. The van der Waals surface area contributed by atoms with Gasteiger partial charge in [-0.2, -0.15) is 0 Å². The first kappa shape index (κ1) is 26.0. The van der Waals surface area contributed by atoms with E-state index in [1.165, 1.54) is 11.1 Å². The normalized spacial score (nSPS) is 21.0. The quantitative estimate of drug-likeness (QED) is 0.645. The average molecular weight is 458 g/mol. The second-order valence-electron chi connectivity index (χ2n) is 11.4. The van der Waals surface area contributed by atoms with E-state index in [9.17, 15) is 9.90 Å². The van der Waals surface area contributed by atoms with Gasteiger partial charge in [-0.1, -0.05) is 31.4 Å². The summed E-state index contributed by atoms with van der Waals surface area (Å²) in [6.45, 7) is 17.2. The van der Waals surface area contributed by atoms with Crippen molar-refractivity contribution in [2.45, 2.75) is 104 Å². The number of carbonyl (C=O) groups is 1. The second-order valence-corrected chi connectivity index (χ2v) is 11.4. The first-order chi connectivity index (χ1) is 15.2. The summed E-state index contributed by atoms with van der Waals surface area (Å²) in [5, 5.41) is 10.8. The van der Waals surface area contributed by atoms with E-state index in [1.54, 1.807) is 21.3 Å². The summed E-state index contributed by atoms with van der Waals surface area (Å²) in [6, 6.07) is 4.22. The molecule has 2 aliphatic heterocycles. The van der Waals surface area contributed by atoms with Gasteiger partial charge in [0.25, 0.3) is 0 Å². The van der Waals surface area contributed by atoms with E-state index in [0.717, 1.165) is 30.3 Å². The molecule has 6 nitrogen and oxygen atoms in total. The Labute approximate surface area is 200 Å². The Balaban J connectivity index is 1.92. The van der Waals surface area contributed by atoms with Crippen molar-refractivity contribution in [1.82, 2.24) is 4.90 Å². The lowest BCUT2D eigenvalue weighted by Crippen LogP contribution is -2.55. The van der Waals surface area contributed by atoms with Gasteiger partial charge in [0.1, 0.15) is 5.60 Å². The maximum atomic E-state index is 13.0. The fraction of sp³-hybridized carbons (Fsp3) is 0.731. The summed E-state index contributed by atoms with van der Waals surface area (Å²) in [5.41, 5.74) is 2.17. The predicted molar refractivity (Wildman–Crippen MR) is 131 cm³/mol. The van der Waals surface area contributed by atoms with Gasteiger partial charge in [-0.25, -0.2) is 4.79 Å². The highest BCUT2D eigenvalue weighted by molar-refractivity contribution is 6.47. The molecule has 1 aromatic carbocycles. The van der Waals surface area contributed by atoms with Gasteiger partial charge in [0.15, 0.2) is 0 Å². The maximum absolute atomic E-state index is 13.0. The van der Waals surface area contributed by atoms with Crippen molar-refractivity contribution in [3.63, 3.8) is 0 Å². The molecule has 2 heterocycles. The van der Waals surface area contributed by atoms with Gasteiger partial charge >= 0.3 is 13.6 Å². The standard InChI is InChI=1S/C26H41BNO5/c1-17(2)26(8,25(6,7)30)33-27-19-14-18-11-13-31-16-21(18)20(15-19)22-10-9-12-28(22)23(29)32-24(3,4)5/h14-15,17,22,30H,9-13,16H2,1-8H3/t22-,26?/m0/s1. The van der Waals surface area contributed by atoms with Crippen LogP contribution in [0.2, 0.25) is 0 Å². The van der Waals surface area contributed by atoms with Crippen LogP contribution >= 0.6 is 0 Å². The van der Waals surface area contributed by atoms with Crippen molar-refractivity contribution in [3.05, 3.63) is 28.8 Å². The van der Waals surface area contributed by atoms with Crippen LogP contribution in [-0.2, 0) is 27.2 Å². The highest BCUT2D eigenvalue weighted by Crippen LogP contribution is 2.37. The zero-order chi connectivity index (χ0) is 24.6. The molecule has 33 heavy (non-hydrogen) atoms. The topological polar surface area (TPSA) is 68.2 Å². The number of aliphatic hydroxyl groups is 1. The van der Waals surface area contributed by atoms with Crippen LogP contribution in [-0.4, -0.2) is 53.5 Å². The number of amides is 1. The number of rotatable bonds is 6. The Morgan fingerprint density at radius 1 is 1.21 bits per heavy atom. The molecule has 1 fully saturated rings. The molecule has 0 saturated carbocycles. The molecular formula is C26H41BNO5. The van der Waals surface area contributed by atoms with Crippen molar-refractivity contribution >= 4 is 19.0 Å². The van der Waals surface area contributed by atoms with E-state index >= 15 is 0 Å². The summed E-state index contributed by atoms with van der Waals surface area (Å²) < 4.78 is 17.8. The third-order valence-corrected chi connectivity index (χ3v) is 7.16. The van der Waals surface area contributed by atoms with Gasteiger partial charge in [0.05, 0.1) is 30.5 Å².